The maximum Gasteiger partial charge on any atom is 0.238 e. The highest BCUT2D eigenvalue weighted by atomic mass is 32.2. The largest absolute Gasteiger partial charge is 0.316 e. The Kier molecular flexibility index (Phi) is 3.57. The monoisotopic (exact) mass is 316 g/mol. The highest BCUT2D eigenvalue weighted by molar-refractivity contribution is 7.89. The summed E-state index contributed by atoms with van der Waals surface area (Å²) in [5, 5.41) is 16.6. The molecule has 2 N–H and O–H groups in total. The number of benzene rings is 1. The quantitative estimate of drug-likeness (QED) is 0.711. The van der Waals surface area contributed by atoms with E-state index in [2.05, 4.69) is 15.3 Å². The van der Waals surface area contributed by atoms with Crippen LogP contribution in [0.2, 0.25) is 0 Å². The second-order valence-corrected chi connectivity index (χ2v) is 5.99. The molecule has 0 aliphatic rings. The molecular weight excluding hydrogens is 304 g/mol. The van der Waals surface area contributed by atoms with Crippen LogP contribution in [-0.2, 0) is 10.0 Å². The van der Waals surface area contributed by atoms with Crippen molar-refractivity contribution in [2.45, 2.75) is 4.90 Å². The molecule has 0 amide bonds. The molecule has 22 heavy (non-hydrogen) atoms. The molecule has 0 fully saturated rings. The van der Waals surface area contributed by atoms with E-state index in [1.54, 1.807) is 18.3 Å². The molecule has 0 unspecified atom stereocenters. The molecule has 3 rings (SSSR count). The van der Waals surface area contributed by atoms with Gasteiger partial charge in [0.1, 0.15) is 12.7 Å². The van der Waals surface area contributed by atoms with E-state index in [0.29, 0.717) is 0 Å². The molecule has 0 bridgehead atoms. The van der Waals surface area contributed by atoms with Crippen LogP contribution in [0.3, 0.4) is 0 Å². The maximum absolute atomic E-state index is 11.3. The summed E-state index contributed by atoms with van der Waals surface area (Å²) in [6.07, 6.45) is 6.45. The lowest BCUT2D eigenvalue weighted by Gasteiger charge is -2.07. The first-order chi connectivity index (χ1) is 10.5. The fourth-order valence-electron chi connectivity index (χ4n) is 1.91. The Morgan fingerprint density at radius 2 is 1.77 bits per heavy atom. The van der Waals surface area contributed by atoms with Gasteiger partial charge in [0, 0.05) is 11.9 Å². The smallest absolute Gasteiger partial charge is 0.238 e. The fourth-order valence-corrected chi connectivity index (χ4v) is 2.43. The minimum atomic E-state index is -3.69. The van der Waals surface area contributed by atoms with Crippen LogP contribution in [0.25, 0.3) is 5.69 Å². The zero-order valence-electron chi connectivity index (χ0n) is 11.3. The summed E-state index contributed by atoms with van der Waals surface area (Å²) in [5.41, 5.74) is 1.61. The van der Waals surface area contributed by atoms with Gasteiger partial charge >= 0.3 is 0 Å². The molecule has 2 heterocycles. The summed E-state index contributed by atoms with van der Waals surface area (Å²) in [6.45, 7) is 0. The highest BCUT2D eigenvalue weighted by Gasteiger charge is 2.08. The summed E-state index contributed by atoms with van der Waals surface area (Å²) >= 11 is 0. The lowest BCUT2D eigenvalue weighted by Crippen LogP contribution is -2.12. The molecule has 1 aromatic carbocycles. The van der Waals surface area contributed by atoms with Crippen molar-refractivity contribution in [3.63, 3.8) is 0 Å². The van der Waals surface area contributed by atoms with Crippen molar-refractivity contribution in [3.8, 4) is 5.69 Å². The van der Waals surface area contributed by atoms with Crippen LogP contribution in [0.4, 0.5) is 0 Å². The number of primary sulfonamides is 1. The first-order valence-corrected chi connectivity index (χ1v) is 7.78. The second kappa shape index (κ2) is 5.54. The molecule has 0 spiro atoms. The van der Waals surface area contributed by atoms with Crippen molar-refractivity contribution in [2.24, 2.45) is 10.2 Å². The Morgan fingerprint density at radius 3 is 2.41 bits per heavy atom. The van der Waals surface area contributed by atoms with E-state index in [4.69, 9.17) is 5.14 Å². The van der Waals surface area contributed by atoms with Gasteiger partial charge in [0.05, 0.1) is 16.8 Å². The van der Waals surface area contributed by atoms with Crippen LogP contribution in [-0.4, -0.2) is 34.1 Å². The molecule has 0 aliphatic carbocycles. The number of nitrogens with zero attached hydrogens (tertiary/aromatic N) is 5. The van der Waals surface area contributed by atoms with Gasteiger partial charge in [-0.05, 0) is 36.4 Å². The minimum Gasteiger partial charge on any atom is -0.316 e. The van der Waals surface area contributed by atoms with Gasteiger partial charge in [-0.2, -0.15) is 5.10 Å². The van der Waals surface area contributed by atoms with Gasteiger partial charge in [-0.1, -0.05) is 0 Å². The van der Waals surface area contributed by atoms with E-state index < -0.39 is 10.0 Å². The first kappa shape index (κ1) is 14.2. The average Bonchev–Trinajstić information content (AvgIpc) is 3.16. The lowest BCUT2D eigenvalue weighted by atomic mass is 10.3. The highest BCUT2D eigenvalue weighted by Crippen LogP contribution is 2.15. The van der Waals surface area contributed by atoms with Gasteiger partial charge in [0.25, 0.3) is 0 Å². The molecular formula is C13H12N6O2S. The summed E-state index contributed by atoms with van der Waals surface area (Å²) in [5.74, 6) is 0. The number of aromatic nitrogens is 4. The number of hydrogen-bond donors (Lipinski definition) is 1. The average molecular weight is 316 g/mol. The molecule has 8 nitrogen and oxygen atoms in total. The fraction of sp³-hybridized carbons (Fsp3) is 0. The second-order valence-electron chi connectivity index (χ2n) is 4.43. The van der Waals surface area contributed by atoms with Crippen molar-refractivity contribution in [2.75, 3.05) is 0 Å². The normalized spacial score (nSPS) is 12.0. The number of hydrogen-bond acceptors (Lipinski definition) is 5. The van der Waals surface area contributed by atoms with E-state index in [-0.39, 0.29) is 4.90 Å². The topological polar surface area (TPSA) is 108 Å². The molecule has 0 saturated heterocycles. The van der Waals surface area contributed by atoms with Crippen molar-refractivity contribution in [3.05, 3.63) is 60.9 Å². The Morgan fingerprint density at radius 1 is 1.09 bits per heavy atom. The van der Waals surface area contributed by atoms with Gasteiger partial charge in [0.2, 0.25) is 10.0 Å². The third-order valence-corrected chi connectivity index (χ3v) is 3.88. The van der Waals surface area contributed by atoms with Crippen LogP contribution in [0, 0.1) is 0 Å². The standard InChI is InChI=1S/C13H12N6O2S/c14-22(20,21)13-5-3-11(4-6-13)19-7-1-2-12(19)8-17-18-9-15-16-10-18/h1-10H,(H2,14,20,21)/b17-8+. The molecule has 3 aromatic rings. The third kappa shape index (κ3) is 2.95. The number of sulfonamides is 1. The molecule has 0 saturated carbocycles. The van der Waals surface area contributed by atoms with E-state index in [9.17, 15) is 8.42 Å². The Labute approximate surface area is 126 Å². The SMILES string of the molecule is NS(=O)(=O)c1ccc(-n2cccc2/C=N/n2cnnc2)cc1. The number of nitrogens with two attached hydrogens (primary N) is 1. The molecule has 112 valence electrons. The van der Waals surface area contributed by atoms with Gasteiger partial charge in [-0.3, -0.25) is 0 Å². The van der Waals surface area contributed by atoms with Crippen LogP contribution in [0.1, 0.15) is 5.69 Å². The predicted octanol–water partition coefficient (Wildman–Crippen LogP) is 0.598. The Balaban J connectivity index is 1.92. The Bertz CT molecular complexity index is 894. The molecule has 2 aromatic heterocycles. The van der Waals surface area contributed by atoms with Gasteiger partial charge in [-0.25, -0.2) is 18.2 Å². The molecule has 0 atom stereocenters. The van der Waals surface area contributed by atoms with Gasteiger partial charge in [-0.15, -0.1) is 10.2 Å². The summed E-state index contributed by atoms with van der Waals surface area (Å²) in [6, 6.07) is 10.0. The van der Waals surface area contributed by atoms with Crippen molar-refractivity contribution in [1.29, 1.82) is 0 Å². The predicted molar refractivity (Wildman–Crippen MR) is 80.2 cm³/mol. The zero-order chi connectivity index (χ0) is 15.6. The van der Waals surface area contributed by atoms with Crippen molar-refractivity contribution < 1.29 is 8.42 Å². The van der Waals surface area contributed by atoms with Crippen LogP contribution in [0.15, 0.2) is 65.2 Å². The maximum atomic E-state index is 11.3. The summed E-state index contributed by atoms with van der Waals surface area (Å²) < 4.78 is 25.9. The van der Waals surface area contributed by atoms with Crippen LogP contribution < -0.4 is 5.14 Å². The van der Waals surface area contributed by atoms with E-state index in [1.165, 1.54) is 29.5 Å². The molecule has 9 heteroatoms. The Hall–Kier alpha value is -2.78. The van der Waals surface area contributed by atoms with Gasteiger partial charge in [0.15, 0.2) is 0 Å². The molecule has 0 aliphatic heterocycles. The van der Waals surface area contributed by atoms with Crippen LogP contribution in [0.5, 0.6) is 0 Å². The minimum absolute atomic E-state index is 0.0723. The molecule has 0 radical (unpaired) electrons. The van der Waals surface area contributed by atoms with Crippen LogP contribution >= 0.6 is 0 Å². The van der Waals surface area contributed by atoms with E-state index in [1.807, 2.05) is 22.9 Å². The van der Waals surface area contributed by atoms with Crippen molar-refractivity contribution >= 4 is 16.2 Å². The zero-order valence-corrected chi connectivity index (χ0v) is 12.1. The first-order valence-electron chi connectivity index (χ1n) is 6.23. The lowest BCUT2D eigenvalue weighted by molar-refractivity contribution is 0.598. The summed E-state index contributed by atoms with van der Waals surface area (Å²) in [7, 11) is -3.69. The van der Waals surface area contributed by atoms with E-state index in [0.717, 1.165) is 11.4 Å². The number of rotatable bonds is 4. The van der Waals surface area contributed by atoms with E-state index >= 15 is 0 Å². The summed E-state index contributed by atoms with van der Waals surface area (Å²) in [4.78, 5) is 0.0723. The van der Waals surface area contributed by atoms with Gasteiger partial charge < -0.3 is 4.57 Å². The van der Waals surface area contributed by atoms with Crippen molar-refractivity contribution in [1.82, 2.24) is 19.4 Å². The third-order valence-electron chi connectivity index (χ3n) is 2.95.